The van der Waals surface area contributed by atoms with Crippen LogP contribution in [0.2, 0.25) is 0 Å². The summed E-state index contributed by atoms with van der Waals surface area (Å²) in [5.41, 5.74) is 2.77. The average molecular weight is 336 g/mol. The van der Waals surface area contributed by atoms with Crippen LogP contribution in [-0.2, 0) is 15.9 Å². The first-order valence-corrected chi connectivity index (χ1v) is 9.05. The van der Waals surface area contributed by atoms with Gasteiger partial charge >= 0.3 is 0 Å². The van der Waals surface area contributed by atoms with Crippen LogP contribution in [0.4, 0.5) is 0 Å². The number of fused-ring (bicyclic) bond motifs is 1. The second-order valence-corrected chi connectivity index (χ2v) is 7.08. The molecule has 0 amide bonds. The van der Waals surface area contributed by atoms with Crippen molar-refractivity contribution >= 4 is 10.8 Å². The standard InChI is InChI=1S/C25H20O/c1-24(20-13-4-2-5-14-20)25(26-24,21-15-6-3-7-16-21)23-18-10-12-19-11-8-9-17-22(19)23/h2-18H,1H3. The lowest BCUT2D eigenvalue weighted by Crippen LogP contribution is -2.21. The Hall–Kier alpha value is -2.90. The summed E-state index contributed by atoms with van der Waals surface area (Å²) in [6.07, 6.45) is 0. The Morgan fingerprint density at radius 3 is 1.88 bits per heavy atom. The van der Waals surface area contributed by atoms with E-state index in [1.807, 2.05) is 0 Å². The van der Waals surface area contributed by atoms with Crippen molar-refractivity contribution in [1.82, 2.24) is 0 Å². The highest BCUT2D eigenvalue weighted by Crippen LogP contribution is 2.66. The molecule has 0 radical (unpaired) electrons. The Morgan fingerprint density at radius 1 is 0.577 bits per heavy atom. The summed E-state index contributed by atoms with van der Waals surface area (Å²) < 4.78 is 6.66. The maximum Gasteiger partial charge on any atom is 0.153 e. The minimum absolute atomic E-state index is 0.389. The van der Waals surface area contributed by atoms with Gasteiger partial charge in [-0.25, -0.2) is 0 Å². The molecule has 26 heavy (non-hydrogen) atoms. The number of hydrogen-bond donors (Lipinski definition) is 0. The molecular weight excluding hydrogens is 316 g/mol. The van der Waals surface area contributed by atoms with Gasteiger partial charge in [0, 0.05) is 0 Å². The maximum atomic E-state index is 6.66. The normalized spacial score (nSPS) is 24.5. The summed E-state index contributed by atoms with van der Waals surface area (Å²) in [6, 6.07) is 36.2. The van der Waals surface area contributed by atoms with Gasteiger partial charge in [0.2, 0.25) is 0 Å². The number of benzene rings is 4. The molecule has 1 nitrogen and oxygen atoms in total. The van der Waals surface area contributed by atoms with Gasteiger partial charge < -0.3 is 4.74 Å². The lowest BCUT2D eigenvalue weighted by atomic mass is 9.77. The van der Waals surface area contributed by atoms with E-state index in [1.165, 1.54) is 27.5 Å². The fourth-order valence-electron chi connectivity index (χ4n) is 4.31. The molecule has 1 heterocycles. The molecule has 1 fully saturated rings. The smallest absolute Gasteiger partial charge is 0.153 e. The van der Waals surface area contributed by atoms with E-state index >= 15 is 0 Å². The molecule has 5 rings (SSSR count). The lowest BCUT2D eigenvalue weighted by molar-refractivity contribution is 0.290. The SMILES string of the molecule is CC1(c2ccccc2)OC1(c1ccccc1)c1cccc2ccccc12. The molecule has 0 aromatic heterocycles. The summed E-state index contributed by atoms with van der Waals surface area (Å²) in [6.45, 7) is 2.21. The monoisotopic (exact) mass is 336 g/mol. The number of rotatable bonds is 3. The van der Waals surface area contributed by atoms with Crippen LogP contribution >= 0.6 is 0 Å². The van der Waals surface area contributed by atoms with Gasteiger partial charge in [-0.15, -0.1) is 0 Å². The summed E-state index contributed by atoms with van der Waals surface area (Å²) in [7, 11) is 0. The van der Waals surface area contributed by atoms with Gasteiger partial charge in [-0.3, -0.25) is 0 Å². The van der Waals surface area contributed by atoms with E-state index < -0.39 is 5.60 Å². The molecule has 0 N–H and O–H groups in total. The van der Waals surface area contributed by atoms with Crippen molar-refractivity contribution in [3.05, 3.63) is 120 Å². The van der Waals surface area contributed by atoms with E-state index in [0.29, 0.717) is 0 Å². The van der Waals surface area contributed by atoms with E-state index in [9.17, 15) is 0 Å². The van der Waals surface area contributed by atoms with Crippen molar-refractivity contribution in [1.29, 1.82) is 0 Å². The third-order valence-electron chi connectivity index (χ3n) is 5.66. The van der Waals surface area contributed by atoms with E-state index in [4.69, 9.17) is 4.74 Å². The van der Waals surface area contributed by atoms with Crippen molar-refractivity contribution < 1.29 is 4.74 Å². The maximum absolute atomic E-state index is 6.66. The third kappa shape index (κ3) is 2.01. The van der Waals surface area contributed by atoms with Crippen LogP contribution in [0.5, 0.6) is 0 Å². The molecule has 1 aliphatic rings. The van der Waals surface area contributed by atoms with Crippen LogP contribution < -0.4 is 0 Å². The molecule has 126 valence electrons. The first kappa shape index (κ1) is 15.4. The Morgan fingerprint density at radius 2 is 1.15 bits per heavy atom. The molecular formula is C25H20O. The van der Waals surface area contributed by atoms with Crippen molar-refractivity contribution in [3.8, 4) is 0 Å². The summed E-state index contributed by atoms with van der Waals surface area (Å²) in [5, 5.41) is 2.49. The second-order valence-electron chi connectivity index (χ2n) is 7.08. The van der Waals surface area contributed by atoms with Gasteiger partial charge in [0.05, 0.1) is 0 Å². The summed E-state index contributed by atoms with van der Waals surface area (Å²) in [4.78, 5) is 0. The number of ether oxygens (including phenoxy) is 1. The third-order valence-corrected chi connectivity index (χ3v) is 5.66. The van der Waals surface area contributed by atoms with Crippen LogP contribution in [0.1, 0.15) is 23.6 Å². The van der Waals surface area contributed by atoms with Gasteiger partial charge in [-0.2, -0.15) is 0 Å². The molecule has 1 saturated heterocycles. The Labute approximate surface area is 153 Å². The van der Waals surface area contributed by atoms with Crippen LogP contribution in [0.25, 0.3) is 10.8 Å². The van der Waals surface area contributed by atoms with E-state index in [2.05, 4.69) is 110 Å². The summed E-state index contributed by atoms with van der Waals surface area (Å²) >= 11 is 0. The molecule has 2 unspecified atom stereocenters. The fourth-order valence-corrected chi connectivity index (χ4v) is 4.31. The quantitative estimate of drug-likeness (QED) is 0.416. The van der Waals surface area contributed by atoms with Gasteiger partial charge in [-0.1, -0.05) is 103 Å². The molecule has 4 aromatic carbocycles. The lowest BCUT2D eigenvalue weighted by Gasteiger charge is -2.21. The van der Waals surface area contributed by atoms with Gasteiger partial charge in [0.25, 0.3) is 0 Å². The highest BCUT2D eigenvalue weighted by atomic mass is 16.6. The first-order valence-electron chi connectivity index (χ1n) is 9.05. The predicted octanol–water partition coefficient (Wildman–Crippen LogP) is 6.03. The second kappa shape index (κ2) is 5.55. The van der Waals surface area contributed by atoms with E-state index in [0.717, 1.165) is 0 Å². The largest absolute Gasteiger partial charge is 0.347 e. The predicted molar refractivity (Wildman–Crippen MR) is 106 cm³/mol. The Bertz CT molecular complexity index is 1070. The van der Waals surface area contributed by atoms with E-state index in [1.54, 1.807) is 0 Å². The van der Waals surface area contributed by atoms with Crippen molar-refractivity contribution in [2.45, 2.75) is 18.1 Å². The zero-order chi connectivity index (χ0) is 17.6. The van der Waals surface area contributed by atoms with Crippen molar-refractivity contribution in [2.75, 3.05) is 0 Å². The van der Waals surface area contributed by atoms with Crippen LogP contribution in [0.15, 0.2) is 103 Å². The zero-order valence-corrected chi connectivity index (χ0v) is 14.7. The fraction of sp³-hybridized carbons (Fsp3) is 0.120. The topological polar surface area (TPSA) is 12.5 Å². The van der Waals surface area contributed by atoms with Crippen LogP contribution in [0.3, 0.4) is 0 Å². The molecule has 0 bridgehead atoms. The number of hydrogen-bond acceptors (Lipinski definition) is 1. The highest BCUT2D eigenvalue weighted by molar-refractivity contribution is 5.88. The van der Waals surface area contributed by atoms with Gasteiger partial charge in [0.15, 0.2) is 5.60 Å². The molecule has 2 atom stereocenters. The van der Waals surface area contributed by atoms with E-state index in [-0.39, 0.29) is 5.60 Å². The zero-order valence-electron chi connectivity index (χ0n) is 14.7. The van der Waals surface area contributed by atoms with Gasteiger partial charge in [-0.05, 0) is 34.4 Å². The van der Waals surface area contributed by atoms with Crippen molar-refractivity contribution in [2.24, 2.45) is 0 Å². The number of epoxide rings is 1. The molecule has 0 saturated carbocycles. The summed E-state index contributed by atoms with van der Waals surface area (Å²) in [5.74, 6) is 0. The Kier molecular flexibility index (Phi) is 3.28. The Balaban J connectivity index is 1.80. The van der Waals surface area contributed by atoms with Gasteiger partial charge in [0.1, 0.15) is 5.60 Å². The molecule has 4 aromatic rings. The average Bonchev–Trinajstić information content (AvgIpc) is 3.37. The molecule has 1 aliphatic heterocycles. The highest BCUT2D eigenvalue weighted by Gasteiger charge is 2.70. The molecule has 0 aliphatic carbocycles. The minimum Gasteiger partial charge on any atom is -0.347 e. The molecule has 1 heteroatoms. The van der Waals surface area contributed by atoms with Crippen molar-refractivity contribution in [3.63, 3.8) is 0 Å². The first-order chi connectivity index (χ1) is 12.8. The van der Waals surface area contributed by atoms with Crippen LogP contribution in [0, 0.1) is 0 Å². The minimum atomic E-state index is -0.476. The molecule has 0 spiro atoms. The van der Waals surface area contributed by atoms with Crippen LogP contribution in [-0.4, -0.2) is 0 Å².